The van der Waals surface area contributed by atoms with Gasteiger partial charge in [-0.15, -0.1) is 0 Å². The number of carbonyl (C=O) groups excluding carboxylic acids is 1. The van der Waals surface area contributed by atoms with Crippen LogP contribution in [0.25, 0.3) is 11.3 Å². The largest absolute Gasteiger partial charge is 0.456 e. The lowest BCUT2D eigenvalue weighted by molar-refractivity contribution is 0.00647. The highest BCUT2D eigenvalue weighted by molar-refractivity contribution is 6.74. The fourth-order valence-electron chi connectivity index (χ4n) is 4.05. The summed E-state index contributed by atoms with van der Waals surface area (Å²) in [7, 11) is -1.80. The van der Waals surface area contributed by atoms with Crippen molar-refractivity contribution in [1.29, 1.82) is 0 Å². The van der Waals surface area contributed by atoms with Gasteiger partial charge in [-0.2, -0.15) is 0 Å². The molecule has 192 valence electrons. The van der Waals surface area contributed by atoms with Crippen LogP contribution >= 0.6 is 0 Å². The number of nitrogens with zero attached hydrogens (tertiary/aromatic N) is 2. The van der Waals surface area contributed by atoms with E-state index in [-0.39, 0.29) is 28.4 Å². The van der Waals surface area contributed by atoms with E-state index in [2.05, 4.69) is 38.8 Å². The molecule has 1 saturated carbocycles. The first kappa shape index (κ1) is 27.3. The van der Waals surface area contributed by atoms with Crippen LogP contribution in [0, 0.1) is 5.82 Å². The van der Waals surface area contributed by atoms with Gasteiger partial charge < -0.3 is 14.9 Å². The third kappa shape index (κ3) is 6.67. The van der Waals surface area contributed by atoms with Gasteiger partial charge >= 0.3 is 5.97 Å². The Hall–Kier alpha value is -2.32. The van der Waals surface area contributed by atoms with E-state index < -0.39 is 25.7 Å². The molecule has 1 heterocycles. The van der Waals surface area contributed by atoms with E-state index in [4.69, 9.17) is 19.9 Å². The third-order valence-electron chi connectivity index (χ3n) is 7.04. The van der Waals surface area contributed by atoms with E-state index in [9.17, 15) is 9.18 Å². The van der Waals surface area contributed by atoms with Gasteiger partial charge in [-0.3, -0.25) is 0 Å². The molecule has 0 bridgehead atoms. The Morgan fingerprint density at radius 1 is 1.09 bits per heavy atom. The van der Waals surface area contributed by atoms with Crippen molar-refractivity contribution in [3.05, 3.63) is 41.5 Å². The second-order valence-electron chi connectivity index (χ2n) is 12.1. The van der Waals surface area contributed by atoms with Crippen molar-refractivity contribution in [3.63, 3.8) is 0 Å². The summed E-state index contributed by atoms with van der Waals surface area (Å²) in [5, 5.41) is 0.190. The summed E-state index contributed by atoms with van der Waals surface area (Å²) in [6.07, 6.45) is 5.90. The Labute approximate surface area is 210 Å². The fourth-order valence-corrected chi connectivity index (χ4v) is 5.47. The van der Waals surface area contributed by atoms with Crippen LogP contribution in [0.15, 0.2) is 24.4 Å². The van der Waals surface area contributed by atoms with Crippen molar-refractivity contribution in [2.45, 2.75) is 103 Å². The van der Waals surface area contributed by atoms with Crippen molar-refractivity contribution in [2.24, 2.45) is 0 Å². The van der Waals surface area contributed by atoms with Crippen LogP contribution in [0.2, 0.25) is 18.1 Å². The van der Waals surface area contributed by atoms with Crippen LogP contribution in [0.4, 0.5) is 10.2 Å². The van der Waals surface area contributed by atoms with Crippen molar-refractivity contribution in [2.75, 3.05) is 5.73 Å². The van der Waals surface area contributed by atoms with E-state index in [1.165, 1.54) is 12.1 Å². The van der Waals surface area contributed by atoms with Crippen LogP contribution in [0.1, 0.15) is 89.2 Å². The molecular weight excluding hydrogens is 461 g/mol. The number of carbonyl (C=O) groups is 1. The molecule has 2 N–H and O–H groups in total. The molecule has 1 aromatic carbocycles. The van der Waals surface area contributed by atoms with Gasteiger partial charge in [0.1, 0.15) is 22.9 Å². The van der Waals surface area contributed by atoms with E-state index >= 15 is 0 Å². The second kappa shape index (κ2) is 9.97. The van der Waals surface area contributed by atoms with Gasteiger partial charge in [0.25, 0.3) is 0 Å². The maximum atomic E-state index is 14.8. The molecule has 0 atom stereocenters. The fraction of sp³-hybridized carbons (Fsp3) is 0.593. The summed E-state index contributed by atoms with van der Waals surface area (Å²) in [6.45, 7) is 16.6. The summed E-state index contributed by atoms with van der Waals surface area (Å²) in [5.41, 5.74) is 7.05. The second-order valence-corrected chi connectivity index (χ2v) is 16.8. The van der Waals surface area contributed by atoms with E-state index in [0.717, 1.165) is 31.4 Å². The van der Waals surface area contributed by atoms with Crippen LogP contribution in [0.5, 0.6) is 0 Å². The average Bonchev–Trinajstić information content (AvgIpc) is 2.72. The molecule has 1 fully saturated rings. The third-order valence-corrected chi connectivity index (χ3v) is 11.6. The number of ether oxygens (including phenoxy) is 1. The van der Waals surface area contributed by atoms with Gasteiger partial charge in [-0.25, -0.2) is 19.2 Å². The maximum absolute atomic E-state index is 14.8. The molecule has 0 unspecified atom stereocenters. The first-order valence-electron chi connectivity index (χ1n) is 12.4. The monoisotopic (exact) mass is 501 g/mol. The quantitative estimate of drug-likeness (QED) is 0.355. The molecule has 6 nitrogen and oxygen atoms in total. The van der Waals surface area contributed by atoms with Crippen LogP contribution in [-0.2, 0) is 9.16 Å². The minimum Gasteiger partial charge on any atom is -0.456 e. The highest BCUT2D eigenvalue weighted by Crippen LogP contribution is 2.41. The minimum atomic E-state index is -1.80. The SMILES string of the molecule is CC(C)(C)OC(=O)c1ccc(-c2nc([C@H]3CC[C@@H](O[Si](C)(C)C(C)(C)C)CC3)cnc2N)cc1F. The van der Waals surface area contributed by atoms with Gasteiger partial charge in [-0.1, -0.05) is 26.8 Å². The zero-order valence-electron chi connectivity index (χ0n) is 22.4. The summed E-state index contributed by atoms with van der Waals surface area (Å²) in [5.74, 6) is -0.891. The molecule has 0 amide bonds. The molecule has 1 aliphatic rings. The Kier molecular flexibility index (Phi) is 7.77. The van der Waals surface area contributed by atoms with Crippen LogP contribution in [0.3, 0.4) is 0 Å². The highest BCUT2D eigenvalue weighted by Gasteiger charge is 2.40. The summed E-state index contributed by atoms with van der Waals surface area (Å²) < 4.78 is 26.7. The average molecular weight is 502 g/mol. The molecular formula is C27H40FN3O3Si. The van der Waals surface area contributed by atoms with Gasteiger partial charge in [-0.05, 0) is 76.7 Å². The minimum absolute atomic E-state index is 0.119. The van der Waals surface area contributed by atoms with Gasteiger partial charge in [0.2, 0.25) is 0 Å². The molecule has 1 aromatic heterocycles. The van der Waals surface area contributed by atoms with Crippen molar-refractivity contribution < 1.29 is 18.3 Å². The number of nitrogen functional groups attached to an aromatic ring is 1. The van der Waals surface area contributed by atoms with Crippen molar-refractivity contribution in [1.82, 2.24) is 9.97 Å². The lowest BCUT2D eigenvalue weighted by atomic mass is 9.85. The number of aromatic nitrogens is 2. The first-order chi connectivity index (χ1) is 16.1. The van der Waals surface area contributed by atoms with Crippen LogP contribution < -0.4 is 5.73 Å². The van der Waals surface area contributed by atoms with Gasteiger partial charge in [0, 0.05) is 17.6 Å². The highest BCUT2D eigenvalue weighted by atomic mass is 28.4. The number of anilines is 1. The van der Waals surface area contributed by atoms with E-state index in [1.807, 2.05) is 0 Å². The molecule has 1 aliphatic carbocycles. The lowest BCUT2D eigenvalue weighted by Crippen LogP contribution is -2.44. The van der Waals surface area contributed by atoms with Crippen molar-refractivity contribution in [3.8, 4) is 11.3 Å². The Bertz CT molecular complexity index is 1070. The maximum Gasteiger partial charge on any atom is 0.341 e. The first-order valence-corrected chi connectivity index (χ1v) is 15.3. The molecule has 8 heteroatoms. The zero-order chi connectivity index (χ0) is 26.2. The predicted molar refractivity (Wildman–Crippen MR) is 140 cm³/mol. The molecule has 0 radical (unpaired) electrons. The standard InChI is InChI=1S/C27H40FN3O3Si/c1-26(2,3)33-25(32)20-14-11-18(15-21(20)28)23-24(29)30-16-22(31-23)17-9-12-19(13-10-17)34-35(7,8)27(4,5)6/h11,14-17,19H,9-10,12-13H2,1-8H3,(H2,29,30)/t17-,19+. The Morgan fingerprint density at radius 2 is 1.71 bits per heavy atom. The summed E-state index contributed by atoms with van der Waals surface area (Å²) in [6, 6.07) is 4.32. The van der Waals surface area contributed by atoms with E-state index in [1.54, 1.807) is 33.0 Å². The lowest BCUT2D eigenvalue weighted by Gasteiger charge is -2.41. The molecule has 3 rings (SSSR count). The van der Waals surface area contributed by atoms with E-state index in [0.29, 0.717) is 11.3 Å². The zero-order valence-corrected chi connectivity index (χ0v) is 23.4. The van der Waals surface area contributed by atoms with Gasteiger partial charge in [0.15, 0.2) is 8.32 Å². The topological polar surface area (TPSA) is 87.3 Å². The van der Waals surface area contributed by atoms with Crippen molar-refractivity contribution >= 4 is 20.1 Å². The number of hydrogen-bond donors (Lipinski definition) is 1. The molecule has 0 aliphatic heterocycles. The normalized spacial score (nSPS) is 19.5. The smallest absolute Gasteiger partial charge is 0.341 e. The molecule has 2 aromatic rings. The molecule has 0 saturated heterocycles. The number of nitrogens with two attached hydrogens (primary N) is 1. The summed E-state index contributed by atoms with van der Waals surface area (Å²) >= 11 is 0. The Balaban J connectivity index is 1.74. The number of rotatable bonds is 5. The molecule has 0 spiro atoms. The van der Waals surface area contributed by atoms with Gasteiger partial charge in [0.05, 0.1) is 17.5 Å². The number of benzene rings is 1. The number of hydrogen-bond acceptors (Lipinski definition) is 6. The predicted octanol–water partition coefficient (Wildman–Crippen LogP) is 6.87. The molecule has 35 heavy (non-hydrogen) atoms. The summed E-state index contributed by atoms with van der Waals surface area (Å²) in [4.78, 5) is 21.4. The number of halogens is 1. The Morgan fingerprint density at radius 3 is 2.26 bits per heavy atom. The van der Waals surface area contributed by atoms with Crippen LogP contribution in [-0.4, -0.2) is 36.0 Å². The number of esters is 1.